The minimum atomic E-state index is 0.137. The maximum atomic E-state index is 5.58. The normalized spacial score (nSPS) is 39.5. The van der Waals surface area contributed by atoms with Crippen LogP contribution in [0.3, 0.4) is 0 Å². The maximum absolute atomic E-state index is 5.58. The number of hydrogen-bond acceptors (Lipinski definition) is 4. The Morgan fingerprint density at radius 1 is 0.917 bits per heavy atom. The molecule has 2 unspecified atom stereocenters. The molecule has 0 spiro atoms. The lowest BCUT2D eigenvalue weighted by atomic mass is 10.4. The van der Waals surface area contributed by atoms with Gasteiger partial charge in [0.15, 0.2) is 12.5 Å². The van der Waals surface area contributed by atoms with Gasteiger partial charge in [0, 0.05) is 13.1 Å². The van der Waals surface area contributed by atoms with Crippen LogP contribution < -0.4 is 0 Å². The summed E-state index contributed by atoms with van der Waals surface area (Å²) < 4.78 is 11.2. The van der Waals surface area contributed by atoms with Crippen molar-refractivity contribution in [3.05, 3.63) is 0 Å². The molecule has 12 heavy (non-hydrogen) atoms. The molecule has 0 N–H and O–H groups in total. The largest absolute Gasteiger partial charge is 0.358 e. The predicted octanol–water partition coefficient (Wildman–Crippen LogP) is -0.437. The van der Waals surface area contributed by atoms with Crippen LogP contribution in [-0.2, 0) is 9.47 Å². The summed E-state index contributed by atoms with van der Waals surface area (Å²) >= 11 is 0. The lowest BCUT2D eigenvalue weighted by molar-refractivity contribution is -0.106. The van der Waals surface area contributed by atoms with Gasteiger partial charge in [-0.15, -0.1) is 0 Å². The molecule has 0 saturated carbocycles. The Morgan fingerprint density at radius 2 is 1.33 bits per heavy atom. The molecule has 0 aliphatic carbocycles. The lowest BCUT2D eigenvalue weighted by Crippen LogP contribution is -2.44. The maximum Gasteiger partial charge on any atom is 0.150 e. The van der Waals surface area contributed by atoms with Gasteiger partial charge in [0.05, 0.1) is 13.2 Å². The summed E-state index contributed by atoms with van der Waals surface area (Å²) in [5, 5.41) is 0. The molecule has 0 radical (unpaired) electrons. The fourth-order valence-electron chi connectivity index (χ4n) is 1.74. The van der Waals surface area contributed by atoms with Crippen molar-refractivity contribution in [3.8, 4) is 0 Å². The van der Waals surface area contributed by atoms with Crippen molar-refractivity contribution >= 4 is 0 Å². The second kappa shape index (κ2) is 3.30. The second-order valence-electron chi connectivity index (χ2n) is 3.48. The van der Waals surface area contributed by atoms with E-state index in [4.69, 9.17) is 9.47 Å². The van der Waals surface area contributed by atoms with Crippen LogP contribution in [0.25, 0.3) is 0 Å². The molecular formula is C8H16N2O2. The highest BCUT2D eigenvalue weighted by Crippen LogP contribution is 2.19. The van der Waals surface area contributed by atoms with E-state index in [1.807, 2.05) is 0 Å². The molecule has 0 amide bonds. The molecule has 0 aromatic rings. The highest BCUT2D eigenvalue weighted by atomic mass is 16.6. The smallest absolute Gasteiger partial charge is 0.150 e. The number of ether oxygens (including phenoxy) is 2. The van der Waals surface area contributed by atoms with Crippen LogP contribution in [0.1, 0.15) is 0 Å². The average Bonchev–Trinajstić information content (AvgIpc) is 2.59. The van der Waals surface area contributed by atoms with Crippen molar-refractivity contribution in [2.24, 2.45) is 0 Å². The van der Waals surface area contributed by atoms with Gasteiger partial charge >= 0.3 is 0 Å². The predicted molar refractivity (Wildman–Crippen MR) is 44.7 cm³/mol. The van der Waals surface area contributed by atoms with E-state index >= 15 is 0 Å². The molecule has 0 aromatic heterocycles. The third kappa shape index (κ3) is 1.35. The quantitative estimate of drug-likeness (QED) is 0.535. The van der Waals surface area contributed by atoms with E-state index in [9.17, 15) is 0 Å². The van der Waals surface area contributed by atoms with Crippen LogP contribution in [0, 0.1) is 0 Å². The molecule has 2 saturated heterocycles. The molecule has 0 bridgehead atoms. The van der Waals surface area contributed by atoms with E-state index in [1.54, 1.807) is 0 Å². The molecule has 2 atom stereocenters. The molecule has 2 aliphatic rings. The first-order valence-corrected chi connectivity index (χ1v) is 4.43. The van der Waals surface area contributed by atoms with Gasteiger partial charge in [-0.1, -0.05) is 0 Å². The van der Waals surface area contributed by atoms with E-state index in [2.05, 4.69) is 23.9 Å². The molecule has 2 aliphatic heterocycles. The first-order valence-electron chi connectivity index (χ1n) is 4.43. The van der Waals surface area contributed by atoms with Crippen LogP contribution in [-0.4, -0.2) is 62.7 Å². The molecule has 0 aromatic carbocycles. The SMILES string of the molecule is CN1CCOC1C1OCCN1C. The Bertz CT molecular complexity index is 147. The monoisotopic (exact) mass is 172 g/mol. The van der Waals surface area contributed by atoms with E-state index in [0.717, 1.165) is 26.3 Å². The van der Waals surface area contributed by atoms with Crippen LogP contribution in [0.4, 0.5) is 0 Å². The van der Waals surface area contributed by atoms with Crippen molar-refractivity contribution < 1.29 is 9.47 Å². The highest BCUT2D eigenvalue weighted by Gasteiger charge is 2.36. The topological polar surface area (TPSA) is 24.9 Å². The highest BCUT2D eigenvalue weighted by molar-refractivity contribution is 4.77. The third-order valence-electron chi connectivity index (χ3n) is 2.58. The van der Waals surface area contributed by atoms with Gasteiger partial charge < -0.3 is 9.47 Å². The van der Waals surface area contributed by atoms with Crippen LogP contribution >= 0.6 is 0 Å². The van der Waals surface area contributed by atoms with E-state index in [1.165, 1.54) is 0 Å². The van der Waals surface area contributed by atoms with E-state index in [0.29, 0.717) is 0 Å². The minimum absolute atomic E-state index is 0.137. The summed E-state index contributed by atoms with van der Waals surface area (Å²) in [6, 6.07) is 0. The van der Waals surface area contributed by atoms with Gasteiger partial charge in [0.25, 0.3) is 0 Å². The first-order chi connectivity index (χ1) is 5.79. The second-order valence-corrected chi connectivity index (χ2v) is 3.48. The number of hydrogen-bond donors (Lipinski definition) is 0. The fraction of sp³-hybridized carbons (Fsp3) is 1.00. The average molecular weight is 172 g/mol. The summed E-state index contributed by atoms with van der Waals surface area (Å²) in [5.74, 6) is 0. The summed E-state index contributed by atoms with van der Waals surface area (Å²) in [6.07, 6.45) is 0.273. The Morgan fingerprint density at radius 3 is 1.58 bits per heavy atom. The summed E-state index contributed by atoms with van der Waals surface area (Å²) in [7, 11) is 4.15. The zero-order valence-corrected chi connectivity index (χ0v) is 7.69. The Kier molecular flexibility index (Phi) is 2.32. The van der Waals surface area contributed by atoms with Crippen molar-refractivity contribution in [1.29, 1.82) is 0 Å². The molecule has 2 fully saturated rings. The van der Waals surface area contributed by atoms with Gasteiger partial charge in [-0.2, -0.15) is 0 Å². The van der Waals surface area contributed by atoms with Crippen molar-refractivity contribution in [2.75, 3.05) is 40.4 Å². The van der Waals surface area contributed by atoms with Crippen LogP contribution in [0.2, 0.25) is 0 Å². The van der Waals surface area contributed by atoms with Crippen LogP contribution in [0.15, 0.2) is 0 Å². The standard InChI is InChI=1S/C8H16N2O2/c1-9-3-5-11-7(9)8-10(2)4-6-12-8/h7-8H,3-6H2,1-2H3. The fourth-order valence-corrected chi connectivity index (χ4v) is 1.74. The molecule has 4 nitrogen and oxygen atoms in total. The number of nitrogens with zero attached hydrogens (tertiary/aromatic N) is 2. The Labute approximate surface area is 73.0 Å². The van der Waals surface area contributed by atoms with Crippen molar-refractivity contribution in [2.45, 2.75) is 12.5 Å². The van der Waals surface area contributed by atoms with E-state index in [-0.39, 0.29) is 12.5 Å². The lowest BCUT2D eigenvalue weighted by Gasteiger charge is -2.27. The third-order valence-corrected chi connectivity index (χ3v) is 2.58. The minimum Gasteiger partial charge on any atom is -0.358 e. The van der Waals surface area contributed by atoms with E-state index < -0.39 is 0 Å². The number of likely N-dealkylation sites (N-methyl/N-ethyl adjacent to an activating group) is 2. The summed E-state index contributed by atoms with van der Waals surface area (Å²) in [5.41, 5.74) is 0. The molecular weight excluding hydrogens is 156 g/mol. The molecule has 2 heterocycles. The van der Waals surface area contributed by atoms with Gasteiger partial charge in [0.2, 0.25) is 0 Å². The van der Waals surface area contributed by atoms with Gasteiger partial charge in [-0.25, -0.2) is 0 Å². The molecule has 4 heteroatoms. The van der Waals surface area contributed by atoms with Gasteiger partial charge in [-0.05, 0) is 14.1 Å². The van der Waals surface area contributed by atoms with Crippen molar-refractivity contribution in [3.63, 3.8) is 0 Å². The van der Waals surface area contributed by atoms with Gasteiger partial charge in [-0.3, -0.25) is 9.80 Å². The van der Waals surface area contributed by atoms with Gasteiger partial charge in [0.1, 0.15) is 0 Å². The summed E-state index contributed by atoms with van der Waals surface area (Å²) in [6.45, 7) is 3.68. The first kappa shape index (κ1) is 8.44. The Hall–Kier alpha value is -0.160. The van der Waals surface area contributed by atoms with Crippen molar-refractivity contribution in [1.82, 2.24) is 9.80 Å². The zero-order valence-electron chi connectivity index (χ0n) is 7.69. The summed E-state index contributed by atoms with van der Waals surface area (Å²) in [4.78, 5) is 4.40. The molecule has 70 valence electrons. The zero-order chi connectivity index (χ0) is 8.55. The van der Waals surface area contributed by atoms with Crippen LogP contribution in [0.5, 0.6) is 0 Å². The molecule has 2 rings (SSSR count). The Balaban J connectivity index is 1.98. The number of rotatable bonds is 1.